The van der Waals surface area contributed by atoms with Crippen molar-refractivity contribution in [2.24, 2.45) is 11.3 Å². The minimum Gasteiger partial charge on any atom is -0.493 e. The maximum absolute atomic E-state index is 13.4. The maximum Gasteiger partial charge on any atom is 0.162 e. The fourth-order valence-corrected chi connectivity index (χ4v) is 4.71. The second kappa shape index (κ2) is 6.30. The normalized spacial score (nSPS) is 24.7. The van der Waals surface area contributed by atoms with E-state index in [1.165, 1.54) is 6.07 Å². The van der Waals surface area contributed by atoms with E-state index in [0.29, 0.717) is 18.3 Å². The van der Waals surface area contributed by atoms with Crippen molar-refractivity contribution in [1.82, 2.24) is 14.3 Å². The Hall–Kier alpha value is -2.47. The molecule has 0 radical (unpaired) electrons. The number of fused-ring (bicyclic) bond motifs is 3. The van der Waals surface area contributed by atoms with Crippen molar-refractivity contribution in [3.8, 4) is 5.75 Å². The van der Waals surface area contributed by atoms with Crippen molar-refractivity contribution in [2.45, 2.75) is 19.4 Å². The zero-order valence-corrected chi connectivity index (χ0v) is 14.9. The minimum absolute atomic E-state index is 0.104. The highest BCUT2D eigenvalue weighted by Crippen LogP contribution is 2.50. The molecule has 0 N–H and O–H groups in total. The Balaban J connectivity index is 1.24. The second-order valence-electron chi connectivity index (χ2n) is 8.01. The van der Waals surface area contributed by atoms with E-state index < -0.39 is 11.6 Å². The van der Waals surface area contributed by atoms with Gasteiger partial charge < -0.3 is 9.14 Å². The molecule has 3 aromatic rings. The summed E-state index contributed by atoms with van der Waals surface area (Å²) in [6.45, 7) is 3.39. The number of halogens is 2. The average Bonchev–Trinajstić information content (AvgIpc) is 3.04. The first-order valence-corrected chi connectivity index (χ1v) is 9.31. The number of nitrogens with zero attached hydrogens (tertiary/aromatic N) is 3. The summed E-state index contributed by atoms with van der Waals surface area (Å²) >= 11 is 0. The van der Waals surface area contributed by atoms with Crippen LogP contribution < -0.4 is 4.74 Å². The van der Waals surface area contributed by atoms with Crippen molar-refractivity contribution >= 4 is 5.65 Å². The third kappa shape index (κ3) is 3.18. The number of aromatic nitrogens is 2. The van der Waals surface area contributed by atoms with Crippen LogP contribution in [0.1, 0.15) is 18.5 Å². The molecule has 3 fully saturated rings. The standard InChI is InChI=1S/C21H21F2N3O/c22-18-5-4-17(7-19(18)23)27-14-21-8-15(9-21)10-25(13-21)11-16-12-26-6-2-1-3-20(26)24-16/h1-7,12,15H,8-11,13-14H2. The van der Waals surface area contributed by atoms with E-state index in [-0.39, 0.29) is 5.41 Å². The lowest BCUT2D eigenvalue weighted by molar-refractivity contribution is -0.0886. The molecule has 140 valence electrons. The van der Waals surface area contributed by atoms with Crippen molar-refractivity contribution in [2.75, 3.05) is 19.7 Å². The van der Waals surface area contributed by atoms with Crippen LogP contribution in [-0.4, -0.2) is 34.0 Å². The lowest BCUT2D eigenvalue weighted by atomic mass is 9.59. The third-order valence-corrected chi connectivity index (χ3v) is 5.75. The number of ether oxygens (including phenoxy) is 1. The fraction of sp³-hybridized carbons (Fsp3) is 0.381. The van der Waals surface area contributed by atoms with E-state index >= 15 is 0 Å². The quantitative estimate of drug-likeness (QED) is 0.683. The summed E-state index contributed by atoms with van der Waals surface area (Å²) in [5, 5.41) is 0. The van der Waals surface area contributed by atoms with Crippen LogP contribution in [0.5, 0.6) is 5.75 Å². The van der Waals surface area contributed by atoms with E-state index in [4.69, 9.17) is 9.72 Å². The van der Waals surface area contributed by atoms with Gasteiger partial charge in [0, 0.05) is 43.5 Å². The number of rotatable bonds is 5. The third-order valence-electron chi connectivity index (χ3n) is 5.75. The Morgan fingerprint density at radius 2 is 2.04 bits per heavy atom. The Bertz CT molecular complexity index is 947. The molecule has 1 aliphatic carbocycles. The summed E-state index contributed by atoms with van der Waals surface area (Å²) < 4.78 is 34.3. The highest BCUT2D eigenvalue weighted by atomic mass is 19.2. The Kier molecular flexibility index (Phi) is 3.90. The molecule has 2 bridgehead atoms. The first-order chi connectivity index (χ1) is 13.1. The number of piperidine rings is 2. The highest BCUT2D eigenvalue weighted by Gasteiger charge is 2.50. The van der Waals surface area contributed by atoms with Crippen LogP contribution in [0.25, 0.3) is 5.65 Å². The summed E-state index contributed by atoms with van der Waals surface area (Å²) in [6.07, 6.45) is 6.37. The number of pyridine rings is 1. The lowest BCUT2D eigenvalue weighted by Gasteiger charge is -2.56. The van der Waals surface area contributed by atoms with Crippen molar-refractivity contribution in [3.63, 3.8) is 0 Å². The molecule has 4 heterocycles. The van der Waals surface area contributed by atoms with Gasteiger partial charge in [-0.05, 0) is 43.0 Å². The summed E-state index contributed by atoms with van der Waals surface area (Å²) in [6, 6.07) is 9.73. The van der Waals surface area contributed by atoms with Gasteiger partial charge in [0.2, 0.25) is 0 Å². The Morgan fingerprint density at radius 1 is 1.15 bits per heavy atom. The molecule has 1 aromatic carbocycles. The minimum atomic E-state index is -0.867. The second-order valence-corrected chi connectivity index (χ2v) is 8.01. The van der Waals surface area contributed by atoms with Gasteiger partial charge in [-0.15, -0.1) is 0 Å². The molecule has 6 heteroatoms. The zero-order chi connectivity index (χ0) is 18.4. The molecule has 0 amide bonds. The van der Waals surface area contributed by atoms with Crippen LogP contribution in [0, 0.1) is 23.0 Å². The van der Waals surface area contributed by atoms with Crippen molar-refractivity contribution < 1.29 is 13.5 Å². The van der Waals surface area contributed by atoms with Gasteiger partial charge in [0.1, 0.15) is 11.4 Å². The fourth-order valence-electron chi connectivity index (χ4n) is 4.71. The highest BCUT2D eigenvalue weighted by molar-refractivity contribution is 5.39. The number of imidazole rings is 1. The molecule has 6 rings (SSSR count). The van der Waals surface area contributed by atoms with Crippen molar-refractivity contribution in [1.29, 1.82) is 0 Å². The molecule has 4 nitrogen and oxygen atoms in total. The Labute approximate surface area is 156 Å². The van der Waals surface area contributed by atoms with E-state index in [1.807, 2.05) is 28.8 Å². The predicted molar refractivity (Wildman–Crippen MR) is 97.5 cm³/mol. The smallest absolute Gasteiger partial charge is 0.162 e. The van der Waals surface area contributed by atoms with E-state index in [1.54, 1.807) is 0 Å². The number of hydrogen-bond acceptors (Lipinski definition) is 3. The summed E-state index contributed by atoms with van der Waals surface area (Å²) in [7, 11) is 0. The van der Waals surface area contributed by atoms with Crippen molar-refractivity contribution in [3.05, 3.63) is 66.1 Å². The zero-order valence-electron chi connectivity index (χ0n) is 14.9. The van der Waals surface area contributed by atoms with E-state index in [2.05, 4.69) is 11.1 Å². The number of hydrogen-bond donors (Lipinski definition) is 0. The molecule has 3 aliphatic rings. The molecule has 0 unspecified atom stereocenters. The van der Waals surface area contributed by atoms with Gasteiger partial charge in [-0.1, -0.05) is 6.07 Å². The molecular formula is C21H21F2N3O. The van der Waals surface area contributed by atoms with Gasteiger partial charge in [0.15, 0.2) is 11.6 Å². The van der Waals surface area contributed by atoms with Crippen LogP contribution >= 0.6 is 0 Å². The number of benzene rings is 1. The first kappa shape index (κ1) is 16.7. The van der Waals surface area contributed by atoms with Gasteiger partial charge >= 0.3 is 0 Å². The summed E-state index contributed by atoms with van der Waals surface area (Å²) in [5.74, 6) is -0.636. The maximum atomic E-state index is 13.4. The first-order valence-electron chi connectivity index (χ1n) is 9.31. The largest absolute Gasteiger partial charge is 0.493 e. The summed E-state index contributed by atoms with van der Waals surface area (Å²) in [4.78, 5) is 7.13. The molecular weight excluding hydrogens is 348 g/mol. The van der Waals surface area contributed by atoms with Crippen LogP contribution in [-0.2, 0) is 6.54 Å². The van der Waals surface area contributed by atoms with E-state index in [9.17, 15) is 8.78 Å². The summed E-state index contributed by atoms with van der Waals surface area (Å²) in [5.41, 5.74) is 2.14. The van der Waals surface area contributed by atoms with Crippen LogP contribution in [0.4, 0.5) is 8.78 Å². The van der Waals surface area contributed by atoms with Gasteiger partial charge in [-0.2, -0.15) is 0 Å². The molecule has 2 aliphatic heterocycles. The molecule has 2 aromatic heterocycles. The van der Waals surface area contributed by atoms with Gasteiger partial charge in [-0.25, -0.2) is 13.8 Å². The van der Waals surface area contributed by atoms with Gasteiger partial charge in [0.05, 0.1) is 12.3 Å². The van der Waals surface area contributed by atoms with Gasteiger partial charge in [-0.3, -0.25) is 4.90 Å². The molecule has 27 heavy (non-hydrogen) atoms. The molecule has 1 saturated carbocycles. The van der Waals surface area contributed by atoms with Crippen LogP contribution in [0.15, 0.2) is 48.8 Å². The SMILES string of the molecule is Fc1ccc(OCC23CC(CN(Cc4cn5ccccc5n4)C2)C3)cc1F. The Morgan fingerprint density at radius 3 is 2.85 bits per heavy atom. The van der Waals surface area contributed by atoms with Crippen LogP contribution in [0.3, 0.4) is 0 Å². The lowest BCUT2D eigenvalue weighted by Crippen LogP contribution is -2.58. The van der Waals surface area contributed by atoms with E-state index in [0.717, 1.165) is 55.9 Å². The average molecular weight is 369 g/mol. The predicted octanol–water partition coefficient (Wildman–Crippen LogP) is 3.90. The molecule has 0 atom stereocenters. The molecule has 0 spiro atoms. The molecule has 2 saturated heterocycles. The van der Waals surface area contributed by atoms with Gasteiger partial charge in [0.25, 0.3) is 0 Å². The topological polar surface area (TPSA) is 29.8 Å². The van der Waals surface area contributed by atoms with Crippen LogP contribution in [0.2, 0.25) is 0 Å². The monoisotopic (exact) mass is 369 g/mol.